The summed E-state index contributed by atoms with van der Waals surface area (Å²) in [4.78, 5) is 27.6. The Morgan fingerprint density at radius 1 is 1.14 bits per heavy atom. The smallest absolute Gasteiger partial charge is 0.317 e. The number of hydrogen-bond acceptors (Lipinski definition) is 4. The molecule has 9 heteroatoms. The van der Waals surface area contributed by atoms with E-state index in [1.807, 2.05) is 30.3 Å². The van der Waals surface area contributed by atoms with Gasteiger partial charge in [0.25, 0.3) is 0 Å². The molecule has 1 N–H and O–H groups in total. The lowest BCUT2D eigenvalue weighted by Crippen LogP contribution is -2.42. The number of amides is 3. The average molecular weight is 423 g/mol. The highest BCUT2D eigenvalue weighted by Crippen LogP contribution is 2.34. The van der Waals surface area contributed by atoms with Crippen LogP contribution < -0.4 is 5.32 Å². The van der Waals surface area contributed by atoms with Crippen molar-refractivity contribution in [3.8, 4) is 0 Å². The predicted octanol–water partition coefficient (Wildman–Crippen LogP) is 0.753. The van der Waals surface area contributed by atoms with Gasteiger partial charge >= 0.3 is 6.03 Å². The van der Waals surface area contributed by atoms with Crippen molar-refractivity contribution in [1.82, 2.24) is 19.4 Å². The number of hydrogen-bond donors (Lipinski definition) is 1. The second-order valence-electron chi connectivity index (χ2n) is 7.96. The predicted molar refractivity (Wildman–Crippen MR) is 111 cm³/mol. The zero-order chi connectivity index (χ0) is 21.0. The van der Waals surface area contributed by atoms with Gasteiger partial charge in [0, 0.05) is 40.3 Å². The molecule has 0 aliphatic carbocycles. The van der Waals surface area contributed by atoms with Gasteiger partial charge in [-0.3, -0.25) is 4.79 Å². The van der Waals surface area contributed by atoms with Crippen molar-refractivity contribution >= 4 is 22.0 Å². The van der Waals surface area contributed by atoms with Crippen LogP contribution >= 0.6 is 0 Å². The lowest BCUT2D eigenvalue weighted by Gasteiger charge is -2.23. The number of sulfonamides is 1. The third kappa shape index (κ3) is 5.08. The van der Waals surface area contributed by atoms with Gasteiger partial charge in [-0.15, -0.1) is 0 Å². The summed E-state index contributed by atoms with van der Waals surface area (Å²) in [6, 6.07) is 9.81. The monoisotopic (exact) mass is 422 g/mol. The average Bonchev–Trinajstić information content (AvgIpc) is 2.83. The van der Waals surface area contributed by atoms with Crippen LogP contribution in [-0.2, 0) is 21.2 Å². The lowest BCUT2D eigenvalue weighted by atomic mass is 10.0. The Labute approximate surface area is 172 Å². The van der Waals surface area contributed by atoms with Gasteiger partial charge in [-0.05, 0) is 30.7 Å². The van der Waals surface area contributed by atoms with Crippen molar-refractivity contribution in [1.29, 1.82) is 0 Å². The Morgan fingerprint density at radius 3 is 2.52 bits per heavy atom. The third-order valence-corrected chi connectivity index (χ3v) is 8.17. The van der Waals surface area contributed by atoms with Gasteiger partial charge in [0.15, 0.2) is 0 Å². The van der Waals surface area contributed by atoms with Crippen LogP contribution in [0.1, 0.15) is 18.4 Å². The highest BCUT2D eigenvalue weighted by atomic mass is 32.2. The fourth-order valence-corrected chi connectivity index (χ4v) is 6.20. The van der Waals surface area contributed by atoms with Gasteiger partial charge in [0.1, 0.15) is 0 Å². The molecule has 0 radical (unpaired) electrons. The largest absolute Gasteiger partial charge is 0.348 e. The zero-order valence-electron chi connectivity index (χ0n) is 17.1. The van der Waals surface area contributed by atoms with E-state index in [9.17, 15) is 18.0 Å². The van der Waals surface area contributed by atoms with Crippen molar-refractivity contribution in [3.05, 3.63) is 35.9 Å². The molecule has 8 nitrogen and oxygen atoms in total. The molecule has 0 aromatic heterocycles. The van der Waals surface area contributed by atoms with Crippen LogP contribution in [0.3, 0.4) is 0 Å². The Morgan fingerprint density at radius 2 is 1.83 bits per heavy atom. The molecule has 2 atom stereocenters. The first-order valence-corrected chi connectivity index (χ1v) is 11.5. The Hall–Kier alpha value is -2.13. The molecular weight excluding hydrogens is 392 g/mol. The molecule has 2 aliphatic rings. The van der Waals surface area contributed by atoms with Crippen LogP contribution in [-0.4, -0.2) is 86.5 Å². The van der Waals surface area contributed by atoms with Gasteiger partial charge in [-0.2, -0.15) is 4.31 Å². The number of rotatable bonds is 5. The van der Waals surface area contributed by atoms with E-state index in [0.717, 1.165) is 12.0 Å². The van der Waals surface area contributed by atoms with Gasteiger partial charge in [-0.25, -0.2) is 13.2 Å². The summed E-state index contributed by atoms with van der Waals surface area (Å²) in [6.45, 7) is 1.74. The summed E-state index contributed by atoms with van der Waals surface area (Å²) in [7, 11) is -0.270. The molecular formula is C20H30N4O4S. The molecule has 160 valence electrons. The van der Waals surface area contributed by atoms with E-state index in [4.69, 9.17) is 0 Å². The molecule has 0 bridgehead atoms. The number of likely N-dealkylation sites (N-methyl/N-ethyl adjacent to an activating group) is 1. The summed E-state index contributed by atoms with van der Waals surface area (Å²) in [5.74, 6) is -0.262. The minimum absolute atomic E-state index is 0.0444. The molecule has 1 aromatic rings. The van der Waals surface area contributed by atoms with E-state index in [2.05, 4.69) is 5.32 Å². The van der Waals surface area contributed by atoms with Gasteiger partial charge < -0.3 is 15.1 Å². The molecule has 29 heavy (non-hydrogen) atoms. The SMILES string of the molecule is CN(C)C(=O)CN1C[C@@H]2CCN(C(=O)NCCc3ccccc3)CC[C@@H]2S1(=O)=O. The summed E-state index contributed by atoms with van der Waals surface area (Å²) in [5.41, 5.74) is 1.16. The summed E-state index contributed by atoms with van der Waals surface area (Å²) >= 11 is 0. The summed E-state index contributed by atoms with van der Waals surface area (Å²) in [5, 5.41) is 2.43. The first-order chi connectivity index (χ1) is 13.8. The Balaban J connectivity index is 1.52. The Bertz CT molecular complexity index is 828. The van der Waals surface area contributed by atoms with Gasteiger partial charge in [0.05, 0.1) is 11.8 Å². The number of fused-ring (bicyclic) bond motifs is 1. The van der Waals surface area contributed by atoms with Gasteiger partial charge in [-0.1, -0.05) is 30.3 Å². The maximum atomic E-state index is 12.9. The van der Waals surface area contributed by atoms with Crippen molar-refractivity contribution < 1.29 is 18.0 Å². The standard InChI is InChI=1S/C20H30N4O4S/c1-22(2)19(25)15-24-14-17-9-12-23(13-10-18(17)29(24,27)28)20(26)21-11-8-16-6-4-3-5-7-16/h3-7,17-18H,8-15H2,1-2H3,(H,21,26)/t17-,18-/m0/s1. The van der Waals surface area contributed by atoms with E-state index in [1.54, 1.807) is 19.0 Å². The van der Waals surface area contributed by atoms with Crippen molar-refractivity contribution in [2.24, 2.45) is 5.92 Å². The molecule has 2 aliphatic heterocycles. The number of carbonyl (C=O) groups excluding carboxylic acids is 2. The fourth-order valence-electron chi connectivity index (χ4n) is 4.02. The van der Waals surface area contributed by atoms with Crippen molar-refractivity contribution in [3.63, 3.8) is 0 Å². The minimum Gasteiger partial charge on any atom is -0.348 e. The van der Waals surface area contributed by atoms with Crippen LogP contribution in [0, 0.1) is 5.92 Å². The topological polar surface area (TPSA) is 90.0 Å². The number of likely N-dealkylation sites (tertiary alicyclic amines) is 1. The van der Waals surface area contributed by atoms with E-state index >= 15 is 0 Å². The van der Waals surface area contributed by atoms with E-state index in [0.29, 0.717) is 39.0 Å². The maximum absolute atomic E-state index is 12.9. The van der Waals surface area contributed by atoms with Crippen LogP contribution in [0.5, 0.6) is 0 Å². The molecule has 2 saturated heterocycles. The lowest BCUT2D eigenvalue weighted by molar-refractivity contribution is -0.128. The third-order valence-electron chi connectivity index (χ3n) is 5.79. The highest BCUT2D eigenvalue weighted by Gasteiger charge is 2.47. The molecule has 3 rings (SSSR count). The molecule has 0 spiro atoms. The maximum Gasteiger partial charge on any atom is 0.317 e. The fraction of sp³-hybridized carbons (Fsp3) is 0.600. The molecule has 2 fully saturated rings. The van der Waals surface area contributed by atoms with E-state index in [-0.39, 0.29) is 24.4 Å². The number of urea groups is 1. The number of benzene rings is 1. The summed E-state index contributed by atoms with van der Waals surface area (Å²) in [6.07, 6.45) is 1.79. The Kier molecular flexibility index (Phi) is 6.79. The van der Waals surface area contributed by atoms with E-state index in [1.165, 1.54) is 9.21 Å². The quantitative estimate of drug-likeness (QED) is 0.758. The second-order valence-corrected chi connectivity index (χ2v) is 10.1. The highest BCUT2D eigenvalue weighted by molar-refractivity contribution is 7.90. The molecule has 0 saturated carbocycles. The molecule has 0 unspecified atom stereocenters. The first kappa shape index (κ1) is 21.6. The van der Waals surface area contributed by atoms with Crippen molar-refractivity contribution in [2.75, 3.05) is 46.8 Å². The van der Waals surface area contributed by atoms with Gasteiger partial charge in [0.2, 0.25) is 15.9 Å². The van der Waals surface area contributed by atoms with Crippen molar-refractivity contribution in [2.45, 2.75) is 24.5 Å². The first-order valence-electron chi connectivity index (χ1n) is 10.0. The summed E-state index contributed by atoms with van der Waals surface area (Å²) < 4.78 is 27.1. The molecule has 3 amide bonds. The van der Waals surface area contributed by atoms with Crippen LogP contribution in [0.4, 0.5) is 4.79 Å². The van der Waals surface area contributed by atoms with Crippen LogP contribution in [0.2, 0.25) is 0 Å². The number of carbonyl (C=O) groups is 2. The molecule has 1 aromatic carbocycles. The zero-order valence-corrected chi connectivity index (χ0v) is 17.9. The molecule has 2 heterocycles. The van der Waals surface area contributed by atoms with Crippen LogP contribution in [0.25, 0.3) is 0 Å². The van der Waals surface area contributed by atoms with E-state index < -0.39 is 15.3 Å². The van der Waals surface area contributed by atoms with Crippen LogP contribution in [0.15, 0.2) is 30.3 Å². The number of nitrogens with zero attached hydrogens (tertiary/aromatic N) is 3. The normalized spacial score (nSPS) is 23.9. The second kappa shape index (κ2) is 9.13. The minimum atomic E-state index is -3.51. The number of nitrogens with one attached hydrogen (secondary N) is 1.